The summed E-state index contributed by atoms with van der Waals surface area (Å²) in [7, 11) is 0. The van der Waals surface area contributed by atoms with Crippen molar-refractivity contribution in [3.05, 3.63) is 54.9 Å². The summed E-state index contributed by atoms with van der Waals surface area (Å²) in [6, 6.07) is 16.7. The van der Waals surface area contributed by atoms with Crippen molar-refractivity contribution >= 4 is 32.5 Å². The molecule has 0 radical (unpaired) electrons. The van der Waals surface area contributed by atoms with E-state index in [4.69, 9.17) is 4.42 Å². The number of aromatic nitrogens is 1. The predicted octanol–water partition coefficient (Wildman–Crippen LogP) is 4.71. The van der Waals surface area contributed by atoms with Gasteiger partial charge in [-0.15, -0.1) is 11.3 Å². The van der Waals surface area contributed by atoms with Crippen LogP contribution in [0.4, 0.5) is 0 Å². The van der Waals surface area contributed by atoms with Gasteiger partial charge in [0.2, 0.25) is 0 Å². The van der Waals surface area contributed by atoms with E-state index in [1.165, 1.54) is 21.4 Å². The Morgan fingerprint density at radius 2 is 1.94 bits per heavy atom. The molecule has 0 saturated heterocycles. The van der Waals surface area contributed by atoms with E-state index >= 15 is 0 Å². The molecule has 0 bridgehead atoms. The number of benzene rings is 2. The van der Waals surface area contributed by atoms with E-state index in [1.807, 2.05) is 12.1 Å². The third kappa shape index (κ3) is 1.38. The Kier molecular flexibility index (Phi) is 2.02. The topological polar surface area (TPSA) is 26.0 Å². The highest BCUT2D eigenvalue weighted by atomic mass is 32.1. The van der Waals surface area contributed by atoms with Gasteiger partial charge < -0.3 is 4.42 Å². The van der Waals surface area contributed by atoms with Crippen LogP contribution < -0.4 is 0 Å². The number of thiophene rings is 1. The molecule has 0 unspecified atom stereocenters. The molecule has 2 nitrogen and oxygen atoms in total. The minimum atomic E-state index is 0.838. The zero-order valence-corrected chi connectivity index (χ0v) is 10.3. The molecule has 0 atom stereocenters. The van der Waals surface area contributed by atoms with Gasteiger partial charge in [-0.05, 0) is 23.6 Å². The zero-order chi connectivity index (χ0) is 11.9. The number of rotatable bonds is 1. The molecular weight excluding hydrogens is 242 g/mol. The number of fused-ring (bicyclic) bond motifs is 2. The molecule has 0 N–H and O–H groups in total. The highest BCUT2D eigenvalue weighted by Gasteiger charge is 2.09. The van der Waals surface area contributed by atoms with Crippen LogP contribution in [0.2, 0.25) is 0 Å². The average molecular weight is 251 g/mol. The van der Waals surface area contributed by atoms with Gasteiger partial charge in [-0.1, -0.05) is 30.3 Å². The van der Waals surface area contributed by atoms with Gasteiger partial charge in [-0.3, -0.25) is 0 Å². The quantitative estimate of drug-likeness (QED) is 0.489. The van der Waals surface area contributed by atoms with Crippen molar-refractivity contribution in [1.82, 2.24) is 4.98 Å². The highest BCUT2D eigenvalue weighted by molar-refractivity contribution is 7.22. The first kappa shape index (κ1) is 9.85. The first-order valence-electron chi connectivity index (χ1n) is 5.73. The molecule has 0 spiro atoms. The Hall–Kier alpha value is -2.13. The number of nitrogens with zero attached hydrogens (tertiary/aromatic N) is 1. The van der Waals surface area contributed by atoms with Crippen LogP contribution in [0.5, 0.6) is 0 Å². The van der Waals surface area contributed by atoms with Gasteiger partial charge in [0.25, 0.3) is 0 Å². The van der Waals surface area contributed by atoms with E-state index in [0.29, 0.717) is 0 Å². The Balaban J connectivity index is 2.04. The van der Waals surface area contributed by atoms with E-state index < -0.39 is 0 Å². The molecule has 0 fully saturated rings. The van der Waals surface area contributed by atoms with Gasteiger partial charge in [0.05, 0.1) is 0 Å². The van der Waals surface area contributed by atoms with E-state index in [2.05, 4.69) is 41.4 Å². The predicted molar refractivity (Wildman–Crippen MR) is 74.8 cm³/mol. The van der Waals surface area contributed by atoms with Crippen molar-refractivity contribution in [2.75, 3.05) is 0 Å². The summed E-state index contributed by atoms with van der Waals surface area (Å²) < 4.78 is 6.65. The summed E-state index contributed by atoms with van der Waals surface area (Å²) in [5, 5.41) is 1.28. The fourth-order valence-electron chi connectivity index (χ4n) is 2.20. The van der Waals surface area contributed by atoms with Crippen molar-refractivity contribution in [2.45, 2.75) is 0 Å². The lowest BCUT2D eigenvalue weighted by Crippen LogP contribution is -1.75. The van der Waals surface area contributed by atoms with Gasteiger partial charge in [0.15, 0.2) is 12.0 Å². The molecule has 86 valence electrons. The molecule has 0 aliphatic carbocycles. The van der Waals surface area contributed by atoms with Crippen LogP contribution in [0.15, 0.2) is 59.3 Å². The molecule has 18 heavy (non-hydrogen) atoms. The minimum Gasteiger partial charge on any atom is -0.443 e. The largest absolute Gasteiger partial charge is 0.443 e. The standard InChI is InChI=1S/C15H9NOS/c1-2-7-13-10(4-1)8-14(18-13)11-5-3-6-12-15(11)16-9-17-12/h1-9H. The zero-order valence-electron chi connectivity index (χ0n) is 9.46. The molecule has 0 amide bonds. The van der Waals surface area contributed by atoms with Crippen molar-refractivity contribution in [3.8, 4) is 10.4 Å². The first-order chi connectivity index (χ1) is 8.92. The van der Waals surface area contributed by atoms with E-state index in [1.54, 1.807) is 11.3 Å². The number of hydrogen-bond donors (Lipinski definition) is 0. The average Bonchev–Trinajstić information content (AvgIpc) is 3.04. The second-order valence-electron chi connectivity index (χ2n) is 4.15. The maximum absolute atomic E-state index is 5.35. The van der Waals surface area contributed by atoms with Crippen molar-refractivity contribution in [2.24, 2.45) is 0 Å². The van der Waals surface area contributed by atoms with Gasteiger partial charge in [-0.25, -0.2) is 4.98 Å². The van der Waals surface area contributed by atoms with Gasteiger partial charge in [0, 0.05) is 15.1 Å². The maximum atomic E-state index is 5.35. The lowest BCUT2D eigenvalue weighted by atomic mass is 10.1. The second-order valence-corrected chi connectivity index (χ2v) is 5.24. The number of oxazole rings is 1. The fraction of sp³-hybridized carbons (Fsp3) is 0. The first-order valence-corrected chi connectivity index (χ1v) is 6.55. The third-order valence-electron chi connectivity index (χ3n) is 3.05. The number of hydrogen-bond acceptors (Lipinski definition) is 3. The molecule has 4 rings (SSSR count). The van der Waals surface area contributed by atoms with Gasteiger partial charge in [0.1, 0.15) is 5.52 Å². The lowest BCUT2D eigenvalue weighted by molar-refractivity contribution is 0.602. The van der Waals surface area contributed by atoms with Crippen molar-refractivity contribution in [3.63, 3.8) is 0 Å². The smallest absolute Gasteiger partial charge is 0.182 e. The van der Waals surface area contributed by atoms with Gasteiger partial charge in [-0.2, -0.15) is 0 Å². The Morgan fingerprint density at radius 1 is 1.00 bits per heavy atom. The normalized spacial score (nSPS) is 11.3. The van der Waals surface area contributed by atoms with Crippen LogP contribution in [-0.4, -0.2) is 4.98 Å². The molecule has 2 heterocycles. The molecule has 2 aromatic heterocycles. The second kappa shape index (κ2) is 3.68. The molecule has 2 aromatic carbocycles. The van der Waals surface area contributed by atoms with Crippen LogP contribution in [0.3, 0.4) is 0 Å². The fourth-order valence-corrected chi connectivity index (χ4v) is 3.29. The van der Waals surface area contributed by atoms with E-state index in [9.17, 15) is 0 Å². The van der Waals surface area contributed by atoms with Crippen molar-refractivity contribution < 1.29 is 4.42 Å². The van der Waals surface area contributed by atoms with Crippen LogP contribution in [-0.2, 0) is 0 Å². The Labute approximate surface area is 108 Å². The summed E-state index contributed by atoms with van der Waals surface area (Å²) in [5.41, 5.74) is 2.91. The Morgan fingerprint density at radius 3 is 2.89 bits per heavy atom. The molecular formula is C15H9NOS. The number of para-hydroxylation sites is 1. The summed E-state index contributed by atoms with van der Waals surface area (Å²) in [4.78, 5) is 5.54. The molecule has 0 aliphatic heterocycles. The highest BCUT2D eigenvalue weighted by Crippen LogP contribution is 2.36. The lowest BCUT2D eigenvalue weighted by Gasteiger charge is -1.96. The molecule has 3 heteroatoms. The van der Waals surface area contributed by atoms with Crippen LogP contribution >= 0.6 is 11.3 Å². The van der Waals surface area contributed by atoms with E-state index in [0.717, 1.165) is 16.7 Å². The Bertz CT molecular complexity index is 811. The minimum absolute atomic E-state index is 0.838. The van der Waals surface area contributed by atoms with Crippen LogP contribution in [0.1, 0.15) is 0 Å². The molecule has 4 aromatic rings. The van der Waals surface area contributed by atoms with Crippen molar-refractivity contribution in [1.29, 1.82) is 0 Å². The maximum Gasteiger partial charge on any atom is 0.182 e. The monoisotopic (exact) mass is 251 g/mol. The van der Waals surface area contributed by atoms with Crippen LogP contribution in [0, 0.1) is 0 Å². The van der Waals surface area contributed by atoms with Crippen LogP contribution in [0.25, 0.3) is 31.6 Å². The SMILES string of the molecule is c1ccc2sc(-c3cccc4ocnc34)cc2c1. The van der Waals surface area contributed by atoms with Gasteiger partial charge >= 0.3 is 0 Å². The molecule has 0 saturated carbocycles. The molecule has 0 aliphatic rings. The summed E-state index contributed by atoms with van der Waals surface area (Å²) in [6.45, 7) is 0. The third-order valence-corrected chi connectivity index (χ3v) is 4.20. The summed E-state index contributed by atoms with van der Waals surface area (Å²) >= 11 is 1.79. The summed E-state index contributed by atoms with van der Waals surface area (Å²) in [5.74, 6) is 0. The van der Waals surface area contributed by atoms with E-state index in [-0.39, 0.29) is 0 Å². The summed E-state index contributed by atoms with van der Waals surface area (Å²) in [6.07, 6.45) is 1.50.